The second-order valence-corrected chi connectivity index (χ2v) is 5.77. The van der Waals surface area contributed by atoms with Gasteiger partial charge in [0.25, 0.3) is 5.91 Å². The molecule has 0 unspecified atom stereocenters. The van der Waals surface area contributed by atoms with Crippen molar-refractivity contribution in [2.24, 2.45) is 0 Å². The molecule has 21 heavy (non-hydrogen) atoms. The van der Waals surface area contributed by atoms with Gasteiger partial charge in [0.1, 0.15) is 5.82 Å². The van der Waals surface area contributed by atoms with Gasteiger partial charge in [-0.05, 0) is 55.0 Å². The molecule has 5 nitrogen and oxygen atoms in total. The number of aromatic nitrogens is 1. The minimum absolute atomic E-state index is 0.0525. The van der Waals surface area contributed by atoms with Crippen LogP contribution in [-0.4, -0.2) is 53.4 Å². The quantitative estimate of drug-likeness (QED) is 0.777. The second kappa shape index (κ2) is 9.00. The van der Waals surface area contributed by atoms with Crippen molar-refractivity contribution in [2.45, 2.75) is 27.2 Å². The summed E-state index contributed by atoms with van der Waals surface area (Å²) in [4.78, 5) is 20.7. The number of hydrogen-bond acceptors (Lipinski definition) is 4. The largest absolute Gasteiger partial charge is 0.383 e. The number of amides is 1. The van der Waals surface area contributed by atoms with E-state index in [1.165, 1.54) is 0 Å². The van der Waals surface area contributed by atoms with Crippen molar-refractivity contribution >= 4 is 27.7 Å². The van der Waals surface area contributed by atoms with E-state index in [9.17, 15) is 4.79 Å². The van der Waals surface area contributed by atoms with Crippen molar-refractivity contribution in [3.05, 3.63) is 22.3 Å². The van der Waals surface area contributed by atoms with Gasteiger partial charge in [-0.2, -0.15) is 0 Å². The van der Waals surface area contributed by atoms with Crippen LogP contribution in [0, 0.1) is 0 Å². The van der Waals surface area contributed by atoms with E-state index < -0.39 is 0 Å². The van der Waals surface area contributed by atoms with Crippen molar-refractivity contribution in [3.63, 3.8) is 0 Å². The Morgan fingerprint density at radius 3 is 2.48 bits per heavy atom. The minimum atomic E-state index is -0.0525. The highest BCUT2D eigenvalue weighted by atomic mass is 79.9. The van der Waals surface area contributed by atoms with Gasteiger partial charge >= 0.3 is 0 Å². The first kappa shape index (κ1) is 17.9. The van der Waals surface area contributed by atoms with Gasteiger partial charge in [0.2, 0.25) is 0 Å². The summed E-state index contributed by atoms with van der Waals surface area (Å²) in [6.07, 6.45) is 2.56. The average Bonchev–Trinajstić information content (AvgIpc) is 2.49. The molecular weight excluding hydrogens is 332 g/mol. The van der Waals surface area contributed by atoms with E-state index in [-0.39, 0.29) is 11.7 Å². The number of rotatable bonds is 8. The fourth-order valence-electron chi connectivity index (χ4n) is 2.22. The van der Waals surface area contributed by atoms with Gasteiger partial charge in [-0.3, -0.25) is 4.79 Å². The molecule has 0 bridgehead atoms. The number of carbonyl (C=O) groups excluding carboxylic acids is 1. The summed E-state index contributed by atoms with van der Waals surface area (Å²) in [6, 6.07) is 1.73. The maximum atomic E-state index is 12.5. The van der Waals surface area contributed by atoms with Crippen LogP contribution in [0.4, 0.5) is 5.82 Å². The van der Waals surface area contributed by atoms with Gasteiger partial charge in [-0.25, -0.2) is 4.98 Å². The van der Waals surface area contributed by atoms with Crippen LogP contribution in [0.2, 0.25) is 0 Å². The molecule has 0 fully saturated rings. The number of halogens is 1. The van der Waals surface area contributed by atoms with Crippen LogP contribution in [0.25, 0.3) is 0 Å². The number of anilines is 1. The van der Waals surface area contributed by atoms with Crippen molar-refractivity contribution in [2.75, 3.05) is 38.5 Å². The molecule has 1 amide bonds. The molecule has 1 aromatic heterocycles. The minimum Gasteiger partial charge on any atom is -0.383 e. The lowest BCUT2D eigenvalue weighted by atomic mass is 10.2. The zero-order chi connectivity index (χ0) is 15.8. The molecule has 0 aliphatic carbocycles. The predicted molar refractivity (Wildman–Crippen MR) is 90.3 cm³/mol. The van der Waals surface area contributed by atoms with Crippen LogP contribution in [0.1, 0.15) is 37.6 Å². The molecule has 118 valence electrons. The number of nitrogen functional groups attached to an aromatic ring is 1. The SMILES string of the molecule is CCN(CC)CCCN(CC)C(=O)c1cc(Br)cnc1N. The molecule has 0 spiro atoms. The predicted octanol–water partition coefficient (Wildman–Crippen LogP) is 2.62. The highest BCUT2D eigenvalue weighted by Gasteiger charge is 2.17. The number of carbonyl (C=O) groups is 1. The summed E-state index contributed by atoms with van der Waals surface area (Å²) in [7, 11) is 0. The smallest absolute Gasteiger partial charge is 0.257 e. The fourth-order valence-corrected chi connectivity index (χ4v) is 2.55. The maximum absolute atomic E-state index is 12.5. The summed E-state index contributed by atoms with van der Waals surface area (Å²) < 4.78 is 0.763. The topological polar surface area (TPSA) is 62.5 Å². The highest BCUT2D eigenvalue weighted by Crippen LogP contribution is 2.17. The van der Waals surface area contributed by atoms with Gasteiger partial charge in [0.05, 0.1) is 5.56 Å². The van der Waals surface area contributed by atoms with Gasteiger partial charge in [-0.15, -0.1) is 0 Å². The summed E-state index contributed by atoms with van der Waals surface area (Å²) >= 11 is 3.33. The number of nitrogens with zero attached hydrogens (tertiary/aromatic N) is 3. The van der Waals surface area contributed by atoms with Crippen LogP contribution in [0.15, 0.2) is 16.7 Å². The standard InChI is InChI=1S/C15H25BrN4O/c1-4-19(5-2)8-7-9-20(6-3)15(21)13-10-12(16)11-18-14(13)17/h10-11H,4-9H2,1-3H3,(H2,17,18). The van der Waals surface area contributed by atoms with E-state index >= 15 is 0 Å². The number of hydrogen-bond donors (Lipinski definition) is 1. The van der Waals surface area contributed by atoms with Crippen LogP contribution in [0.5, 0.6) is 0 Å². The van der Waals surface area contributed by atoms with Crippen molar-refractivity contribution < 1.29 is 4.79 Å². The van der Waals surface area contributed by atoms with Gasteiger partial charge < -0.3 is 15.5 Å². The Balaban J connectivity index is 2.67. The zero-order valence-electron chi connectivity index (χ0n) is 13.1. The first-order chi connectivity index (χ1) is 10.0. The first-order valence-electron chi connectivity index (χ1n) is 7.46. The molecule has 0 aliphatic rings. The molecule has 6 heteroatoms. The van der Waals surface area contributed by atoms with Crippen LogP contribution >= 0.6 is 15.9 Å². The lowest BCUT2D eigenvalue weighted by molar-refractivity contribution is 0.0758. The molecular formula is C15H25BrN4O. The molecule has 2 N–H and O–H groups in total. The van der Waals surface area contributed by atoms with E-state index in [4.69, 9.17) is 5.73 Å². The second-order valence-electron chi connectivity index (χ2n) is 4.85. The van der Waals surface area contributed by atoms with Gasteiger partial charge in [0, 0.05) is 23.8 Å². The van der Waals surface area contributed by atoms with Gasteiger partial charge in [0.15, 0.2) is 0 Å². The Bertz CT molecular complexity index is 463. The van der Waals surface area contributed by atoms with Crippen molar-refractivity contribution in [1.82, 2.24) is 14.8 Å². The van der Waals surface area contributed by atoms with E-state index in [2.05, 4.69) is 39.7 Å². The average molecular weight is 357 g/mol. The molecule has 0 aliphatic heterocycles. The Morgan fingerprint density at radius 2 is 1.90 bits per heavy atom. The Kier molecular flexibility index (Phi) is 7.67. The lowest BCUT2D eigenvalue weighted by Gasteiger charge is -2.24. The normalized spacial score (nSPS) is 10.9. The number of pyridine rings is 1. The molecule has 1 rings (SSSR count). The molecule has 1 heterocycles. The van der Waals surface area contributed by atoms with E-state index in [0.717, 1.165) is 37.1 Å². The third-order valence-corrected chi connectivity index (χ3v) is 4.01. The third-order valence-electron chi connectivity index (χ3n) is 3.58. The summed E-state index contributed by atoms with van der Waals surface area (Å²) in [5, 5.41) is 0. The monoisotopic (exact) mass is 356 g/mol. The first-order valence-corrected chi connectivity index (χ1v) is 8.25. The molecule has 0 radical (unpaired) electrons. The Labute approximate surface area is 135 Å². The zero-order valence-corrected chi connectivity index (χ0v) is 14.7. The van der Waals surface area contributed by atoms with E-state index in [0.29, 0.717) is 12.1 Å². The highest BCUT2D eigenvalue weighted by molar-refractivity contribution is 9.10. The van der Waals surface area contributed by atoms with Crippen molar-refractivity contribution in [1.29, 1.82) is 0 Å². The molecule has 0 saturated carbocycles. The molecule has 0 saturated heterocycles. The fraction of sp³-hybridized carbons (Fsp3) is 0.600. The summed E-state index contributed by atoms with van der Waals surface area (Å²) in [5.74, 6) is 0.230. The molecule has 0 atom stereocenters. The third kappa shape index (κ3) is 5.28. The van der Waals surface area contributed by atoms with Crippen molar-refractivity contribution in [3.8, 4) is 0 Å². The van der Waals surface area contributed by atoms with E-state index in [1.807, 2.05) is 11.8 Å². The van der Waals surface area contributed by atoms with E-state index in [1.54, 1.807) is 12.3 Å². The van der Waals surface area contributed by atoms with Crippen LogP contribution < -0.4 is 5.73 Å². The summed E-state index contributed by atoms with van der Waals surface area (Å²) in [6.45, 7) is 10.8. The maximum Gasteiger partial charge on any atom is 0.257 e. The van der Waals surface area contributed by atoms with Crippen LogP contribution in [0.3, 0.4) is 0 Å². The van der Waals surface area contributed by atoms with Gasteiger partial charge in [-0.1, -0.05) is 13.8 Å². The Morgan fingerprint density at radius 1 is 1.24 bits per heavy atom. The number of nitrogens with two attached hydrogens (primary N) is 1. The Hall–Kier alpha value is -1.14. The molecule has 0 aromatic carbocycles. The molecule has 1 aromatic rings. The lowest BCUT2D eigenvalue weighted by Crippen LogP contribution is -2.34. The summed E-state index contributed by atoms with van der Waals surface area (Å²) in [5.41, 5.74) is 6.28. The van der Waals surface area contributed by atoms with Crippen LogP contribution in [-0.2, 0) is 0 Å².